The largest absolute Gasteiger partial charge is 0.382 e. The van der Waals surface area contributed by atoms with Crippen molar-refractivity contribution in [2.45, 2.75) is 36.8 Å². The highest BCUT2D eigenvalue weighted by molar-refractivity contribution is 7.91. The highest BCUT2D eigenvalue weighted by atomic mass is 32.2. The lowest BCUT2D eigenvalue weighted by Crippen LogP contribution is -2.40. The smallest absolute Gasteiger partial charge is 0.178 e. The molecule has 100 valence electrons. The standard InChI is InChI=1S/C13H19NO3S/c1-3-18(15,16)13-6-4-10(5-7-13)14-11-8-12(9-11)17-2/h4-7,11-12,14H,3,8-9H2,1-2H3. The Bertz CT molecular complexity index is 489. The Morgan fingerprint density at radius 3 is 2.39 bits per heavy atom. The van der Waals surface area contributed by atoms with Gasteiger partial charge >= 0.3 is 0 Å². The van der Waals surface area contributed by atoms with Gasteiger partial charge in [-0.05, 0) is 37.1 Å². The van der Waals surface area contributed by atoms with Gasteiger partial charge < -0.3 is 10.1 Å². The summed E-state index contributed by atoms with van der Waals surface area (Å²) in [5, 5.41) is 3.36. The SMILES string of the molecule is CCS(=O)(=O)c1ccc(NC2CC(OC)C2)cc1. The molecule has 0 heterocycles. The average Bonchev–Trinajstić information content (AvgIpc) is 2.34. The molecule has 0 amide bonds. The zero-order chi connectivity index (χ0) is 13.2. The van der Waals surface area contributed by atoms with Gasteiger partial charge in [0, 0.05) is 18.8 Å². The van der Waals surface area contributed by atoms with Gasteiger partial charge in [-0.25, -0.2) is 8.42 Å². The number of ether oxygens (including phenoxy) is 1. The van der Waals surface area contributed by atoms with Crippen LogP contribution in [0.25, 0.3) is 0 Å². The van der Waals surface area contributed by atoms with Gasteiger partial charge in [0.25, 0.3) is 0 Å². The second-order valence-corrected chi connectivity index (χ2v) is 6.88. The number of sulfone groups is 1. The van der Waals surface area contributed by atoms with Crippen molar-refractivity contribution in [3.05, 3.63) is 24.3 Å². The molecule has 4 nitrogen and oxygen atoms in total. The van der Waals surface area contributed by atoms with E-state index in [0.29, 0.717) is 17.0 Å². The van der Waals surface area contributed by atoms with Gasteiger partial charge in [0.1, 0.15) is 0 Å². The van der Waals surface area contributed by atoms with Crippen molar-refractivity contribution in [3.8, 4) is 0 Å². The van der Waals surface area contributed by atoms with Crippen LogP contribution in [0.1, 0.15) is 19.8 Å². The molecule has 1 aromatic rings. The summed E-state index contributed by atoms with van der Waals surface area (Å²) in [6, 6.07) is 7.40. The number of anilines is 1. The first kappa shape index (κ1) is 13.4. The summed E-state index contributed by atoms with van der Waals surface area (Å²) < 4.78 is 28.5. The summed E-state index contributed by atoms with van der Waals surface area (Å²) in [6.45, 7) is 1.65. The maximum absolute atomic E-state index is 11.6. The van der Waals surface area contributed by atoms with Crippen molar-refractivity contribution in [2.24, 2.45) is 0 Å². The number of methoxy groups -OCH3 is 1. The molecule has 5 heteroatoms. The van der Waals surface area contributed by atoms with Crippen molar-refractivity contribution in [2.75, 3.05) is 18.2 Å². The Balaban J connectivity index is 1.97. The molecule has 1 aliphatic rings. The van der Waals surface area contributed by atoms with Crippen LogP contribution in [0, 0.1) is 0 Å². The van der Waals surface area contributed by atoms with E-state index in [-0.39, 0.29) is 5.75 Å². The lowest BCUT2D eigenvalue weighted by atomic mass is 9.89. The minimum absolute atomic E-state index is 0.137. The molecule has 0 unspecified atom stereocenters. The van der Waals surface area contributed by atoms with Crippen molar-refractivity contribution < 1.29 is 13.2 Å². The van der Waals surface area contributed by atoms with E-state index in [1.54, 1.807) is 26.2 Å². The van der Waals surface area contributed by atoms with Crippen LogP contribution in [0.15, 0.2) is 29.2 Å². The number of benzene rings is 1. The summed E-state index contributed by atoms with van der Waals surface area (Å²) >= 11 is 0. The molecule has 1 aromatic carbocycles. The molecule has 0 aromatic heterocycles. The van der Waals surface area contributed by atoms with E-state index in [1.165, 1.54) is 0 Å². The number of rotatable bonds is 5. The van der Waals surface area contributed by atoms with Crippen LogP contribution in [0.5, 0.6) is 0 Å². The van der Waals surface area contributed by atoms with Crippen LogP contribution in [0.2, 0.25) is 0 Å². The van der Waals surface area contributed by atoms with Gasteiger partial charge in [-0.3, -0.25) is 0 Å². The molecule has 0 aliphatic heterocycles. The van der Waals surface area contributed by atoms with E-state index in [4.69, 9.17) is 4.74 Å². The van der Waals surface area contributed by atoms with Crippen molar-refractivity contribution in [1.29, 1.82) is 0 Å². The molecule has 0 atom stereocenters. The Morgan fingerprint density at radius 1 is 1.28 bits per heavy atom. The van der Waals surface area contributed by atoms with Crippen LogP contribution >= 0.6 is 0 Å². The molecule has 1 N–H and O–H groups in total. The van der Waals surface area contributed by atoms with Gasteiger partial charge in [-0.15, -0.1) is 0 Å². The number of hydrogen-bond acceptors (Lipinski definition) is 4. The van der Waals surface area contributed by atoms with Crippen LogP contribution in [0.3, 0.4) is 0 Å². The fourth-order valence-corrected chi connectivity index (χ4v) is 2.92. The zero-order valence-electron chi connectivity index (χ0n) is 10.7. The maximum atomic E-state index is 11.6. The van der Waals surface area contributed by atoms with Crippen LogP contribution < -0.4 is 5.32 Å². The van der Waals surface area contributed by atoms with Gasteiger partial charge in [0.15, 0.2) is 9.84 Å². The second-order valence-electron chi connectivity index (χ2n) is 4.60. The quantitative estimate of drug-likeness (QED) is 0.889. The third-order valence-electron chi connectivity index (χ3n) is 3.39. The van der Waals surface area contributed by atoms with E-state index in [9.17, 15) is 8.42 Å². The maximum Gasteiger partial charge on any atom is 0.178 e. The Labute approximate surface area is 108 Å². The molecule has 0 radical (unpaired) electrons. The lowest BCUT2D eigenvalue weighted by molar-refractivity contribution is 0.0329. The zero-order valence-corrected chi connectivity index (χ0v) is 11.5. The molecule has 1 fully saturated rings. The molecule has 18 heavy (non-hydrogen) atoms. The summed E-state index contributed by atoms with van der Waals surface area (Å²) in [7, 11) is -1.37. The monoisotopic (exact) mass is 269 g/mol. The summed E-state index contributed by atoms with van der Waals surface area (Å²) in [5.74, 6) is 0.137. The second kappa shape index (κ2) is 5.28. The Morgan fingerprint density at radius 2 is 1.89 bits per heavy atom. The van der Waals surface area contributed by atoms with Crippen LogP contribution in [-0.2, 0) is 14.6 Å². The lowest BCUT2D eigenvalue weighted by Gasteiger charge is -2.35. The first-order valence-corrected chi connectivity index (χ1v) is 7.82. The first-order chi connectivity index (χ1) is 8.55. The van der Waals surface area contributed by atoms with Crippen LogP contribution in [0.4, 0.5) is 5.69 Å². The van der Waals surface area contributed by atoms with Gasteiger partial charge in [-0.1, -0.05) is 6.92 Å². The van der Waals surface area contributed by atoms with Crippen molar-refractivity contribution in [3.63, 3.8) is 0 Å². The molecule has 0 bridgehead atoms. The number of nitrogens with one attached hydrogen (secondary N) is 1. The van der Waals surface area contributed by atoms with Gasteiger partial charge in [-0.2, -0.15) is 0 Å². The Hall–Kier alpha value is -1.07. The van der Waals surface area contributed by atoms with E-state index < -0.39 is 9.84 Å². The minimum Gasteiger partial charge on any atom is -0.382 e. The van der Waals surface area contributed by atoms with Gasteiger partial charge in [0.2, 0.25) is 0 Å². The molecule has 2 rings (SSSR count). The molecule has 1 saturated carbocycles. The normalized spacial score (nSPS) is 23.4. The van der Waals surface area contributed by atoms with E-state index in [0.717, 1.165) is 18.5 Å². The third kappa shape index (κ3) is 2.84. The highest BCUT2D eigenvalue weighted by Crippen LogP contribution is 2.26. The van der Waals surface area contributed by atoms with E-state index in [2.05, 4.69) is 5.32 Å². The summed E-state index contributed by atoms with van der Waals surface area (Å²) in [5.41, 5.74) is 0.963. The minimum atomic E-state index is -3.10. The fraction of sp³-hybridized carbons (Fsp3) is 0.538. The van der Waals surface area contributed by atoms with Crippen molar-refractivity contribution >= 4 is 15.5 Å². The first-order valence-electron chi connectivity index (χ1n) is 6.17. The van der Waals surface area contributed by atoms with E-state index >= 15 is 0 Å². The van der Waals surface area contributed by atoms with Crippen LogP contribution in [-0.4, -0.2) is 33.4 Å². The predicted octanol–water partition coefficient (Wildman–Crippen LogP) is 2.07. The van der Waals surface area contributed by atoms with Gasteiger partial charge in [0.05, 0.1) is 16.8 Å². The predicted molar refractivity (Wildman–Crippen MR) is 71.6 cm³/mol. The van der Waals surface area contributed by atoms with Crippen molar-refractivity contribution in [1.82, 2.24) is 0 Å². The molecule has 1 aliphatic carbocycles. The third-order valence-corrected chi connectivity index (χ3v) is 5.14. The topological polar surface area (TPSA) is 55.4 Å². The fourth-order valence-electron chi connectivity index (χ4n) is 2.04. The van der Waals surface area contributed by atoms with E-state index in [1.807, 2.05) is 12.1 Å². The Kier molecular flexibility index (Phi) is 3.92. The average molecular weight is 269 g/mol. The molecule has 0 saturated heterocycles. The summed E-state index contributed by atoms with van der Waals surface area (Å²) in [4.78, 5) is 0.388. The molecular weight excluding hydrogens is 250 g/mol. The molecule has 0 spiro atoms. The molecular formula is C13H19NO3S. The summed E-state index contributed by atoms with van der Waals surface area (Å²) in [6.07, 6.45) is 2.37. The number of hydrogen-bond donors (Lipinski definition) is 1. The highest BCUT2D eigenvalue weighted by Gasteiger charge is 2.28.